The zero-order valence-corrected chi connectivity index (χ0v) is 9.43. The van der Waals surface area contributed by atoms with Gasteiger partial charge in [-0.15, -0.1) is 0 Å². The second kappa shape index (κ2) is 12.9. The van der Waals surface area contributed by atoms with Crippen LogP contribution in [0.5, 0.6) is 0 Å². The van der Waals surface area contributed by atoms with Gasteiger partial charge in [0.25, 0.3) is 0 Å². The topological polar surface area (TPSA) is 41.5 Å². The molecule has 14 heavy (non-hydrogen) atoms. The van der Waals surface area contributed by atoms with Crippen LogP contribution >= 0.6 is 0 Å². The van der Waals surface area contributed by atoms with Crippen molar-refractivity contribution in [3.63, 3.8) is 0 Å². The molecular weight excluding hydrogens is 178 g/mol. The molecule has 0 heterocycles. The van der Waals surface area contributed by atoms with Gasteiger partial charge in [-0.05, 0) is 38.8 Å². The lowest BCUT2D eigenvalue weighted by Gasteiger charge is -2.03. The van der Waals surface area contributed by atoms with E-state index in [4.69, 9.17) is 9.84 Å². The normalized spacial score (nSPS) is 10.7. The average Bonchev–Trinajstić information content (AvgIpc) is 2.21. The largest absolute Gasteiger partial charge is 0.396 e. The van der Waals surface area contributed by atoms with Crippen LogP contribution in [0.2, 0.25) is 0 Å². The maximum Gasteiger partial charge on any atom is 0.0462 e. The second-order valence-electron chi connectivity index (χ2n) is 3.59. The van der Waals surface area contributed by atoms with E-state index < -0.39 is 0 Å². The minimum absolute atomic E-state index is 0.318. The van der Waals surface area contributed by atoms with E-state index in [9.17, 15) is 0 Å². The molecule has 0 radical (unpaired) electrons. The molecule has 3 heteroatoms. The molecule has 2 N–H and O–H groups in total. The van der Waals surface area contributed by atoms with Crippen molar-refractivity contribution in [2.24, 2.45) is 0 Å². The molecule has 0 atom stereocenters. The van der Waals surface area contributed by atoms with Gasteiger partial charge in [0.15, 0.2) is 0 Å². The summed E-state index contributed by atoms with van der Waals surface area (Å²) in [5.41, 5.74) is 0. The summed E-state index contributed by atoms with van der Waals surface area (Å²) in [4.78, 5) is 0. The Morgan fingerprint density at radius 2 is 1.57 bits per heavy atom. The van der Waals surface area contributed by atoms with E-state index in [2.05, 4.69) is 5.32 Å². The van der Waals surface area contributed by atoms with Crippen molar-refractivity contribution in [1.82, 2.24) is 5.32 Å². The molecule has 86 valence electrons. The maximum atomic E-state index is 8.55. The summed E-state index contributed by atoms with van der Waals surface area (Å²) in [6, 6.07) is 0. The third-order valence-corrected chi connectivity index (χ3v) is 2.21. The van der Waals surface area contributed by atoms with Crippen LogP contribution in [-0.2, 0) is 4.74 Å². The Hall–Kier alpha value is -0.120. The molecule has 0 aliphatic rings. The molecule has 0 amide bonds. The Morgan fingerprint density at radius 1 is 0.929 bits per heavy atom. The molecule has 0 saturated heterocycles. The molecule has 0 unspecified atom stereocenters. The van der Waals surface area contributed by atoms with Gasteiger partial charge in [-0.3, -0.25) is 0 Å². The molecule has 0 fully saturated rings. The highest BCUT2D eigenvalue weighted by molar-refractivity contribution is 4.49. The Morgan fingerprint density at radius 3 is 2.21 bits per heavy atom. The molecule has 3 nitrogen and oxygen atoms in total. The van der Waals surface area contributed by atoms with Crippen molar-refractivity contribution >= 4 is 0 Å². The highest BCUT2D eigenvalue weighted by atomic mass is 16.5. The lowest BCUT2D eigenvalue weighted by molar-refractivity contribution is 0.192. The SMILES string of the molecule is COCCCCCCNCCCCO. The number of nitrogens with one attached hydrogen (secondary N) is 1. The molecule has 0 spiro atoms. The van der Waals surface area contributed by atoms with Crippen molar-refractivity contribution < 1.29 is 9.84 Å². The molecule has 0 rings (SSSR count). The highest BCUT2D eigenvalue weighted by Crippen LogP contribution is 1.98. The molecule has 0 saturated carbocycles. The fourth-order valence-corrected chi connectivity index (χ4v) is 1.34. The quantitative estimate of drug-likeness (QED) is 0.501. The summed E-state index contributed by atoms with van der Waals surface area (Å²) < 4.78 is 4.97. The number of hydrogen-bond acceptors (Lipinski definition) is 3. The van der Waals surface area contributed by atoms with Gasteiger partial charge < -0.3 is 15.2 Å². The van der Waals surface area contributed by atoms with Crippen LogP contribution in [0.15, 0.2) is 0 Å². The number of hydrogen-bond donors (Lipinski definition) is 2. The summed E-state index contributed by atoms with van der Waals surface area (Å²) in [6.07, 6.45) is 6.99. The van der Waals surface area contributed by atoms with Gasteiger partial charge in [0.05, 0.1) is 0 Å². The van der Waals surface area contributed by atoms with Crippen LogP contribution in [-0.4, -0.2) is 38.5 Å². The van der Waals surface area contributed by atoms with E-state index in [0.29, 0.717) is 6.61 Å². The first-order chi connectivity index (χ1) is 6.91. The molecular formula is C11H25NO2. The average molecular weight is 203 g/mol. The first kappa shape index (κ1) is 13.9. The molecule has 0 aromatic rings. The van der Waals surface area contributed by atoms with Gasteiger partial charge >= 0.3 is 0 Å². The fraction of sp³-hybridized carbons (Fsp3) is 1.00. The highest BCUT2D eigenvalue weighted by Gasteiger charge is 1.90. The third kappa shape index (κ3) is 11.9. The first-order valence-corrected chi connectivity index (χ1v) is 5.72. The zero-order chi connectivity index (χ0) is 10.5. The Labute approximate surface area is 87.8 Å². The standard InChI is InChI=1S/C11H25NO2/c1-14-11-7-3-2-4-8-12-9-5-6-10-13/h12-13H,2-11H2,1H3. The summed E-state index contributed by atoms with van der Waals surface area (Å²) in [7, 11) is 1.75. The van der Waals surface area contributed by atoms with E-state index in [1.807, 2.05) is 0 Å². The monoisotopic (exact) mass is 203 g/mol. The van der Waals surface area contributed by atoms with Crippen molar-refractivity contribution in [3.8, 4) is 0 Å². The van der Waals surface area contributed by atoms with Crippen LogP contribution < -0.4 is 5.32 Å². The van der Waals surface area contributed by atoms with E-state index in [-0.39, 0.29) is 0 Å². The summed E-state index contributed by atoms with van der Waals surface area (Å²) >= 11 is 0. The number of unbranched alkanes of at least 4 members (excludes halogenated alkanes) is 4. The van der Waals surface area contributed by atoms with Crippen LogP contribution in [0, 0.1) is 0 Å². The van der Waals surface area contributed by atoms with E-state index in [1.165, 1.54) is 25.7 Å². The number of rotatable bonds is 11. The fourth-order valence-electron chi connectivity index (χ4n) is 1.34. The lowest BCUT2D eigenvalue weighted by Crippen LogP contribution is -2.16. The van der Waals surface area contributed by atoms with E-state index in [0.717, 1.165) is 32.5 Å². The molecule has 0 aliphatic carbocycles. The Kier molecular flexibility index (Phi) is 12.8. The summed E-state index contributed by atoms with van der Waals surface area (Å²) in [5.74, 6) is 0. The number of ether oxygens (including phenoxy) is 1. The Balaban J connectivity index is 2.78. The van der Waals surface area contributed by atoms with Gasteiger partial charge in [0, 0.05) is 20.3 Å². The van der Waals surface area contributed by atoms with Crippen molar-refractivity contribution in [1.29, 1.82) is 0 Å². The summed E-state index contributed by atoms with van der Waals surface area (Å²) in [5, 5.41) is 11.9. The van der Waals surface area contributed by atoms with Gasteiger partial charge in [-0.2, -0.15) is 0 Å². The predicted molar refractivity (Wildman–Crippen MR) is 59.5 cm³/mol. The molecule has 0 aliphatic heterocycles. The third-order valence-electron chi connectivity index (χ3n) is 2.21. The van der Waals surface area contributed by atoms with Gasteiger partial charge in [0.1, 0.15) is 0 Å². The van der Waals surface area contributed by atoms with Gasteiger partial charge in [-0.1, -0.05) is 12.8 Å². The molecule has 0 aromatic heterocycles. The number of methoxy groups -OCH3 is 1. The van der Waals surface area contributed by atoms with Gasteiger partial charge in [-0.25, -0.2) is 0 Å². The minimum Gasteiger partial charge on any atom is -0.396 e. The van der Waals surface area contributed by atoms with Crippen molar-refractivity contribution in [2.45, 2.75) is 38.5 Å². The van der Waals surface area contributed by atoms with Crippen LogP contribution in [0.4, 0.5) is 0 Å². The smallest absolute Gasteiger partial charge is 0.0462 e. The Bertz CT molecular complexity index is 87.3. The molecule has 0 aromatic carbocycles. The predicted octanol–water partition coefficient (Wildman–Crippen LogP) is 1.56. The number of aliphatic hydroxyl groups excluding tert-OH is 1. The second-order valence-corrected chi connectivity index (χ2v) is 3.59. The van der Waals surface area contributed by atoms with E-state index >= 15 is 0 Å². The first-order valence-electron chi connectivity index (χ1n) is 5.72. The molecule has 0 bridgehead atoms. The van der Waals surface area contributed by atoms with Crippen LogP contribution in [0.25, 0.3) is 0 Å². The summed E-state index contributed by atoms with van der Waals surface area (Å²) in [6.45, 7) is 3.36. The maximum absolute atomic E-state index is 8.55. The van der Waals surface area contributed by atoms with Crippen LogP contribution in [0.1, 0.15) is 38.5 Å². The van der Waals surface area contributed by atoms with Gasteiger partial charge in [0.2, 0.25) is 0 Å². The number of aliphatic hydroxyl groups is 1. The zero-order valence-electron chi connectivity index (χ0n) is 9.43. The minimum atomic E-state index is 0.318. The van der Waals surface area contributed by atoms with Crippen molar-refractivity contribution in [2.75, 3.05) is 33.4 Å². The van der Waals surface area contributed by atoms with E-state index in [1.54, 1.807) is 7.11 Å². The lowest BCUT2D eigenvalue weighted by atomic mass is 10.2. The van der Waals surface area contributed by atoms with Crippen molar-refractivity contribution in [3.05, 3.63) is 0 Å². The van der Waals surface area contributed by atoms with Crippen LogP contribution in [0.3, 0.4) is 0 Å².